The third kappa shape index (κ3) is 2.85. The molecule has 1 aromatic heterocycles. The number of aliphatic hydroxyl groups excluding tert-OH is 1. The summed E-state index contributed by atoms with van der Waals surface area (Å²) in [5, 5.41) is 13.5. The highest BCUT2D eigenvalue weighted by atomic mass is 16.5. The van der Waals surface area contributed by atoms with Crippen molar-refractivity contribution in [2.24, 2.45) is 7.05 Å². The van der Waals surface area contributed by atoms with E-state index in [0.717, 1.165) is 0 Å². The molecule has 1 aromatic rings. The second kappa shape index (κ2) is 4.76. The highest BCUT2D eigenvalue weighted by Gasteiger charge is 2.14. The predicted molar refractivity (Wildman–Crippen MR) is 49.4 cm³/mol. The zero-order valence-electron chi connectivity index (χ0n) is 8.30. The number of aryl methyl sites for hydroxylation is 1. The molecule has 1 rings (SSSR count). The molecule has 0 radical (unpaired) electrons. The van der Waals surface area contributed by atoms with Gasteiger partial charge in [0.25, 0.3) is 0 Å². The number of rotatable bonds is 4. The Bertz CT molecular complexity index is 309. The van der Waals surface area contributed by atoms with Gasteiger partial charge < -0.3 is 9.84 Å². The van der Waals surface area contributed by atoms with Crippen LogP contribution < -0.4 is 0 Å². The fraction of sp³-hybridized carbons (Fsp3) is 0.556. The SMILES string of the molecule is CCOC(=O)CC(O)c1cnn(C)c1. The molecule has 78 valence electrons. The van der Waals surface area contributed by atoms with Crippen LogP contribution in [0.25, 0.3) is 0 Å². The summed E-state index contributed by atoms with van der Waals surface area (Å²) in [6.07, 6.45) is 2.34. The Morgan fingerprint density at radius 2 is 2.50 bits per heavy atom. The number of carbonyl (C=O) groups excluding carboxylic acids is 1. The molecule has 0 aliphatic carbocycles. The third-order valence-corrected chi connectivity index (χ3v) is 1.77. The average Bonchev–Trinajstić information content (AvgIpc) is 2.52. The van der Waals surface area contributed by atoms with Crippen LogP contribution in [0.4, 0.5) is 0 Å². The van der Waals surface area contributed by atoms with E-state index in [1.807, 2.05) is 0 Å². The van der Waals surface area contributed by atoms with Crippen LogP contribution in [-0.2, 0) is 16.6 Å². The second-order valence-corrected chi connectivity index (χ2v) is 2.97. The summed E-state index contributed by atoms with van der Waals surface area (Å²) < 4.78 is 6.29. The first kappa shape index (κ1) is 10.7. The Labute approximate surface area is 82.3 Å². The molecule has 0 aromatic carbocycles. The minimum absolute atomic E-state index is 0.0282. The van der Waals surface area contributed by atoms with E-state index in [2.05, 4.69) is 5.10 Å². The summed E-state index contributed by atoms with van der Waals surface area (Å²) in [5.74, 6) is -0.399. The van der Waals surface area contributed by atoms with Crippen LogP contribution in [0.1, 0.15) is 25.0 Å². The zero-order chi connectivity index (χ0) is 10.6. The van der Waals surface area contributed by atoms with Crippen LogP contribution in [0.2, 0.25) is 0 Å². The van der Waals surface area contributed by atoms with E-state index in [9.17, 15) is 9.90 Å². The van der Waals surface area contributed by atoms with Crippen molar-refractivity contribution < 1.29 is 14.6 Å². The first-order valence-electron chi connectivity index (χ1n) is 4.45. The standard InChI is InChI=1S/C9H14N2O3/c1-3-14-9(13)4-8(12)7-5-10-11(2)6-7/h5-6,8,12H,3-4H2,1-2H3. The lowest BCUT2D eigenvalue weighted by Gasteiger charge is -2.06. The smallest absolute Gasteiger partial charge is 0.308 e. The van der Waals surface area contributed by atoms with Gasteiger partial charge in [-0.15, -0.1) is 0 Å². The van der Waals surface area contributed by atoms with Crippen LogP contribution in [0.15, 0.2) is 12.4 Å². The number of nitrogens with zero attached hydrogens (tertiary/aromatic N) is 2. The number of aliphatic hydroxyl groups is 1. The molecule has 0 saturated heterocycles. The normalized spacial score (nSPS) is 12.5. The molecular formula is C9H14N2O3. The molecule has 5 heteroatoms. The van der Waals surface area contributed by atoms with E-state index in [1.165, 1.54) is 6.20 Å². The summed E-state index contributed by atoms with van der Waals surface area (Å²) in [5.41, 5.74) is 0.626. The van der Waals surface area contributed by atoms with Crippen molar-refractivity contribution >= 4 is 5.97 Å². The lowest BCUT2D eigenvalue weighted by atomic mass is 10.1. The second-order valence-electron chi connectivity index (χ2n) is 2.97. The molecule has 0 amide bonds. The maximum Gasteiger partial charge on any atom is 0.308 e. The zero-order valence-corrected chi connectivity index (χ0v) is 8.30. The van der Waals surface area contributed by atoms with Gasteiger partial charge in [0, 0.05) is 18.8 Å². The van der Waals surface area contributed by atoms with Crippen molar-refractivity contribution in [2.75, 3.05) is 6.61 Å². The lowest BCUT2D eigenvalue weighted by molar-refractivity contribution is -0.145. The largest absolute Gasteiger partial charge is 0.466 e. The summed E-state index contributed by atoms with van der Waals surface area (Å²) in [6, 6.07) is 0. The number of esters is 1. The topological polar surface area (TPSA) is 64.3 Å². The molecule has 0 aliphatic heterocycles. The van der Waals surface area contributed by atoms with Gasteiger partial charge in [-0.05, 0) is 6.92 Å². The first-order valence-corrected chi connectivity index (χ1v) is 4.45. The monoisotopic (exact) mass is 198 g/mol. The molecule has 1 unspecified atom stereocenters. The molecule has 5 nitrogen and oxygen atoms in total. The highest BCUT2D eigenvalue weighted by Crippen LogP contribution is 2.15. The Balaban J connectivity index is 2.50. The molecule has 0 bridgehead atoms. The van der Waals surface area contributed by atoms with Crippen LogP contribution in [0, 0.1) is 0 Å². The predicted octanol–water partition coefficient (Wildman–Crippen LogP) is 0.407. The molecule has 1 N–H and O–H groups in total. The van der Waals surface area contributed by atoms with E-state index in [1.54, 1.807) is 24.9 Å². The van der Waals surface area contributed by atoms with Crippen molar-refractivity contribution in [2.45, 2.75) is 19.4 Å². The van der Waals surface area contributed by atoms with E-state index in [-0.39, 0.29) is 6.42 Å². The Kier molecular flexibility index (Phi) is 3.64. The van der Waals surface area contributed by atoms with E-state index in [0.29, 0.717) is 12.2 Å². The third-order valence-electron chi connectivity index (χ3n) is 1.77. The fourth-order valence-electron chi connectivity index (χ4n) is 1.11. The van der Waals surface area contributed by atoms with Gasteiger partial charge in [-0.3, -0.25) is 9.48 Å². The van der Waals surface area contributed by atoms with Crippen molar-refractivity contribution in [3.8, 4) is 0 Å². The van der Waals surface area contributed by atoms with Crippen molar-refractivity contribution in [1.29, 1.82) is 0 Å². The van der Waals surface area contributed by atoms with E-state index >= 15 is 0 Å². The molecule has 0 aliphatic rings. The fourth-order valence-corrected chi connectivity index (χ4v) is 1.11. The number of aromatic nitrogens is 2. The minimum Gasteiger partial charge on any atom is -0.466 e. The number of hydrogen-bond donors (Lipinski definition) is 1. The maximum absolute atomic E-state index is 11.0. The van der Waals surface area contributed by atoms with Crippen molar-refractivity contribution in [1.82, 2.24) is 9.78 Å². The molecule has 0 fully saturated rings. The lowest BCUT2D eigenvalue weighted by Crippen LogP contribution is -2.09. The molecule has 1 atom stereocenters. The molecular weight excluding hydrogens is 184 g/mol. The van der Waals surface area contributed by atoms with Crippen molar-refractivity contribution in [3.05, 3.63) is 18.0 Å². The van der Waals surface area contributed by atoms with E-state index in [4.69, 9.17) is 4.74 Å². The van der Waals surface area contributed by atoms with Gasteiger partial charge >= 0.3 is 5.97 Å². The Morgan fingerprint density at radius 1 is 1.79 bits per heavy atom. The van der Waals surface area contributed by atoms with Crippen LogP contribution in [0.5, 0.6) is 0 Å². The van der Waals surface area contributed by atoms with Crippen LogP contribution in [-0.4, -0.2) is 27.5 Å². The van der Waals surface area contributed by atoms with Gasteiger partial charge in [-0.25, -0.2) is 0 Å². The van der Waals surface area contributed by atoms with Gasteiger partial charge in [0.05, 0.1) is 25.3 Å². The summed E-state index contributed by atoms with van der Waals surface area (Å²) in [7, 11) is 1.75. The highest BCUT2D eigenvalue weighted by molar-refractivity contribution is 5.70. The summed E-state index contributed by atoms with van der Waals surface area (Å²) in [4.78, 5) is 11.0. The van der Waals surface area contributed by atoms with Crippen molar-refractivity contribution in [3.63, 3.8) is 0 Å². The summed E-state index contributed by atoms with van der Waals surface area (Å²) in [6.45, 7) is 2.06. The molecule has 1 heterocycles. The Morgan fingerprint density at radius 3 is 3.00 bits per heavy atom. The van der Waals surface area contributed by atoms with E-state index < -0.39 is 12.1 Å². The van der Waals surface area contributed by atoms with Crippen LogP contribution >= 0.6 is 0 Å². The average molecular weight is 198 g/mol. The Hall–Kier alpha value is -1.36. The quantitative estimate of drug-likeness (QED) is 0.711. The van der Waals surface area contributed by atoms with Gasteiger partial charge in [0.2, 0.25) is 0 Å². The number of ether oxygens (including phenoxy) is 1. The number of carbonyl (C=O) groups is 1. The van der Waals surface area contributed by atoms with Crippen LogP contribution in [0.3, 0.4) is 0 Å². The van der Waals surface area contributed by atoms with Gasteiger partial charge in [-0.2, -0.15) is 5.10 Å². The minimum atomic E-state index is -0.831. The molecule has 0 spiro atoms. The number of hydrogen-bond acceptors (Lipinski definition) is 4. The van der Waals surface area contributed by atoms with Gasteiger partial charge in [-0.1, -0.05) is 0 Å². The molecule has 14 heavy (non-hydrogen) atoms. The van der Waals surface area contributed by atoms with Gasteiger partial charge in [0.15, 0.2) is 0 Å². The maximum atomic E-state index is 11.0. The summed E-state index contributed by atoms with van der Waals surface area (Å²) >= 11 is 0. The first-order chi connectivity index (χ1) is 6.63. The molecule has 0 saturated carbocycles. The van der Waals surface area contributed by atoms with Gasteiger partial charge in [0.1, 0.15) is 0 Å².